The van der Waals surface area contributed by atoms with Crippen molar-refractivity contribution >= 4 is 57.9 Å². The first-order valence-corrected chi connectivity index (χ1v) is 13.0. The van der Waals surface area contributed by atoms with Crippen LogP contribution in [0, 0.1) is 0 Å². The normalized spacial score (nSPS) is 12.9. The lowest BCUT2D eigenvalue weighted by molar-refractivity contribution is 0.472. The Balaban J connectivity index is 2.36. The molecule has 0 aliphatic heterocycles. The zero-order valence-corrected chi connectivity index (χ0v) is 18.8. The van der Waals surface area contributed by atoms with Crippen molar-refractivity contribution in [1.82, 2.24) is 0 Å². The number of azo groups is 1. The van der Waals surface area contributed by atoms with Gasteiger partial charge in [0.15, 0.2) is 5.75 Å². The Morgan fingerprint density at radius 2 is 1.52 bits per heavy atom. The van der Waals surface area contributed by atoms with Gasteiger partial charge >= 0.3 is 0 Å². The third kappa shape index (κ3) is 4.71. The van der Waals surface area contributed by atoms with Gasteiger partial charge in [-0.2, -0.15) is 16.8 Å². The summed E-state index contributed by atoms with van der Waals surface area (Å²) in [6.45, 7) is 3.21. The Morgan fingerprint density at radius 3 is 2.09 bits per heavy atom. The topological polar surface area (TPSA) is 214 Å². The van der Waals surface area contributed by atoms with Gasteiger partial charge in [-0.25, -0.2) is 8.42 Å². The van der Waals surface area contributed by atoms with Gasteiger partial charge in [0.1, 0.15) is 16.3 Å². The SMILES string of the molecule is C=CS(=O)(=O)c1ccccc1N=Nc1c(S(=O)(=O)O)cc2cc(S(=O)(=O)O)cc(N)c2c1O. The monoisotopic (exact) mass is 513 g/mol. The van der Waals surface area contributed by atoms with Crippen LogP contribution < -0.4 is 5.73 Å². The maximum atomic E-state index is 12.2. The van der Waals surface area contributed by atoms with Gasteiger partial charge in [-0.15, -0.1) is 10.2 Å². The second-order valence-electron chi connectivity index (χ2n) is 6.51. The van der Waals surface area contributed by atoms with Crippen molar-refractivity contribution in [3.05, 3.63) is 54.5 Å². The van der Waals surface area contributed by atoms with Crippen molar-refractivity contribution in [1.29, 1.82) is 0 Å². The number of benzene rings is 3. The van der Waals surface area contributed by atoms with Crippen molar-refractivity contribution < 1.29 is 39.5 Å². The maximum absolute atomic E-state index is 12.2. The van der Waals surface area contributed by atoms with E-state index < -0.39 is 51.3 Å². The molecule has 0 amide bonds. The highest BCUT2D eigenvalue weighted by Crippen LogP contribution is 2.44. The quantitative estimate of drug-likeness (QED) is 0.215. The van der Waals surface area contributed by atoms with E-state index in [1.54, 1.807) is 0 Å². The van der Waals surface area contributed by atoms with Crippen LogP contribution in [0.5, 0.6) is 5.75 Å². The van der Waals surface area contributed by atoms with Gasteiger partial charge < -0.3 is 10.8 Å². The summed E-state index contributed by atoms with van der Waals surface area (Å²) in [7, 11) is -13.8. The molecule has 3 rings (SSSR count). The molecule has 15 heteroatoms. The Kier molecular flexibility index (Phi) is 6.03. The number of fused-ring (bicyclic) bond motifs is 1. The molecule has 0 heterocycles. The molecule has 3 aromatic carbocycles. The molecule has 0 aliphatic rings. The summed E-state index contributed by atoms with van der Waals surface area (Å²) in [6.07, 6.45) is 0. The molecule has 174 valence electrons. The van der Waals surface area contributed by atoms with Crippen molar-refractivity contribution in [2.45, 2.75) is 14.7 Å². The largest absolute Gasteiger partial charge is 0.505 e. The number of nitrogens with two attached hydrogens (primary N) is 1. The highest BCUT2D eigenvalue weighted by molar-refractivity contribution is 7.94. The molecule has 0 aromatic heterocycles. The minimum atomic E-state index is -5.06. The molecule has 0 saturated heterocycles. The fourth-order valence-corrected chi connectivity index (χ4v) is 4.97. The number of hydrogen-bond donors (Lipinski definition) is 4. The Labute approximate surface area is 188 Å². The van der Waals surface area contributed by atoms with Crippen LogP contribution >= 0.6 is 0 Å². The van der Waals surface area contributed by atoms with Gasteiger partial charge in [0, 0.05) is 16.5 Å². The minimum Gasteiger partial charge on any atom is -0.505 e. The van der Waals surface area contributed by atoms with E-state index in [1.807, 2.05) is 0 Å². The third-order valence-corrected chi connectivity index (χ3v) is 7.47. The highest BCUT2D eigenvalue weighted by atomic mass is 32.2. The number of phenolic OH excluding ortho intramolecular Hbond substituents is 1. The molecular formula is C18H15N3O9S3. The van der Waals surface area contributed by atoms with Gasteiger partial charge in [-0.3, -0.25) is 9.11 Å². The van der Waals surface area contributed by atoms with E-state index in [1.165, 1.54) is 24.3 Å². The highest BCUT2D eigenvalue weighted by Gasteiger charge is 2.25. The average Bonchev–Trinajstić information content (AvgIpc) is 2.71. The molecule has 12 nitrogen and oxygen atoms in total. The fraction of sp³-hybridized carbons (Fsp3) is 0. The van der Waals surface area contributed by atoms with Crippen molar-refractivity contribution in [2.75, 3.05) is 5.73 Å². The zero-order chi connectivity index (χ0) is 24.8. The van der Waals surface area contributed by atoms with Crippen LogP contribution in [0.2, 0.25) is 0 Å². The second-order valence-corrected chi connectivity index (χ2v) is 11.2. The molecule has 5 N–H and O–H groups in total. The molecule has 0 atom stereocenters. The van der Waals surface area contributed by atoms with Gasteiger partial charge in [0.2, 0.25) is 9.84 Å². The number of aromatic hydroxyl groups is 1. The summed E-state index contributed by atoms with van der Waals surface area (Å²) >= 11 is 0. The molecule has 0 radical (unpaired) electrons. The molecular weight excluding hydrogens is 498 g/mol. The molecule has 0 aliphatic carbocycles. The minimum absolute atomic E-state index is 0.229. The van der Waals surface area contributed by atoms with Crippen LogP contribution in [0.1, 0.15) is 0 Å². The number of hydrogen-bond acceptors (Lipinski definition) is 10. The lowest BCUT2D eigenvalue weighted by Gasteiger charge is -2.12. The fourth-order valence-electron chi connectivity index (χ4n) is 2.91. The summed E-state index contributed by atoms with van der Waals surface area (Å²) in [5, 5.41) is 18.2. The Hall–Kier alpha value is -3.37. The number of rotatable bonds is 6. The lowest BCUT2D eigenvalue weighted by Crippen LogP contribution is -2.02. The van der Waals surface area contributed by atoms with Crippen LogP contribution in [0.3, 0.4) is 0 Å². The smallest absolute Gasteiger partial charge is 0.296 e. The summed E-state index contributed by atoms with van der Waals surface area (Å²) in [4.78, 5) is -1.98. The first-order chi connectivity index (χ1) is 15.2. The van der Waals surface area contributed by atoms with Gasteiger partial charge in [-0.05, 0) is 35.7 Å². The van der Waals surface area contributed by atoms with E-state index in [0.29, 0.717) is 5.41 Å². The lowest BCUT2D eigenvalue weighted by atomic mass is 10.1. The van der Waals surface area contributed by atoms with E-state index in [-0.39, 0.29) is 27.0 Å². The molecule has 0 bridgehead atoms. The van der Waals surface area contributed by atoms with E-state index in [0.717, 1.165) is 18.2 Å². The molecule has 0 fully saturated rings. The van der Waals surface area contributed by atoms with Crippen molar-refractivity contribution in [3.63, 3.8) is 0 Å². The van der Waals surface area contributed by atoms with Crippen LogP contribution in [0.15, 0.2) is 79.4 Å². The number of nitrogens with zero attached hydrogens (tertiary/aromatic N) is 2. The first-order valence-electron chi connectivity index (χ1n) is 8.59. The molecule has 33 heavy (non-hydrogen) atoms. The van der Waals surface area contributed by atoms with Gasteiger partial charge in [-0.1, -0.05) is 18.7 Å². The predicted octanol–water partition coefficient (Wildman–Crippen LogP) is 2.95. The average molecular weight is 514 g/mol. The molecule has 0 spiro atoms. The number of sulfone groups is 1. The van der Waals surface area contributed by atoms with E-state index >= 15 is 0 Å². The van der Waals surface area contributed by atoms with Crippen molar-refractivity contribution in [2.24, 2.45) is 10.2 Å². The van der Waals surface area contributed by atoms with Gasteiger partial charge in [0.05, 0.1) is 9.79 Å². The van der Waals surface area contributed by atoms with Crippen molar-refractivity contribution in [3.8, 4) is 5.75 Å². The summed E-state index contributed by atoms with van der Waals surface area (Å²) in [6, 6.07) is 7.67. The molecule has 3 aromatic rings. The Morgan fingerprint density at radius 1 is 0.879 bits per heavy atom. The van der Waals surface area contributed by atoms with E-state index in [2.05, 4.69) is 16.8 Å². The van der Waals surface area contributed by atoms with Crippen LogP contribution in [-0.4, -0.2) is 39.5 Å². The van der Waals surface area contributed by atoms with Crippen LogP contribution in [-0.2, 0) is 30.1 Å². The number of nitrogen functional groups attached to an aromatic ring is 1. The Bertz CT molecular complexity index is 1660. The van der Waals surface area contributed by atoms with E-state index in [9.17, 15) is 39.5 Å². The summed E-state index contributed by atoms with van der Waals surface area (Å²) < 4.78 is 90.0. The first kappa shape index (κ1) is 24.3. The standard InChI is InChI=1S/C18H15N3O9S3/c1-2-31(23,24)14-6-4-3-5-13(14)20-21-17-15(33(28,29)30)8-10-7-11(32(25,26)27)9-12(19)16(10)18(17)22/h2-9,22H,1,19H2,(H,25,26,27)(H,28,29,30). The predicted molar refractivity (Wildman–Crippen MR) is 118 cm³/mol. The second kappa shape index (κ2) is 8.20. The van der Waals surface area contributed by atoms with E-state index in [4.69, 9.17) is 5.73 Å². The summed E-state index contributed by atoms with van der Waals surface area (Å²) in [5.41, 5.74) is 4.39. The van der Waals surface area contributed by atoms with Gasteiger partial charge in [0.25, 0.3) is 20.2 Å². The number of anilines is 1. The van der Waals surface area contributed by atoms with Crippen LogP contribution in [0.25, 0.3) is 10.8 Å². The zero-order valence-electron chi connectivity index (χ0n) is 16.3. The maximum Gasteiger partial charge on any atom is 0.296 e. The summed E-state index contributed by atoms with van der Waals surface area (Å²) in [5.74, 6) is -0.896. The van der Waals surface area contributed by atoms with Crippen LogP contribution in [0.4, 0.5) is 17.1 Å². The number of phenols is 1. The third-order valence-electron chi connectivity index (χ3n) is 4.38. The molecule has 0 saturated carbocycles. The molecule has 0 unspecified atom stereocenters.